The predicted molar refractivity (Wildman–Crippen MR) is 45.3 cm³/mol. The van der Waals surface area contributed by atoms with Crippen molar-refractivity contribution in [2.45, 2.75) is 6.42 Å². The fourth-order valence-corrected chi connectivity index (χ4v) is 1.19. The molecule has 0 amide bonds. The summed E-state index contributed by atoms with van der Waals surface area (Å²) < 4.78 is 0. The number of nitrogens with zero attached hydrogens (tertiary/aromatic N) is 1. The lowest BCUT2D eigenvalue weighted by Gasteiger charge is -2.04. The number of carbonyl (C=O) groups excluding carboxylic acids is 1. The molecule has 0 saturated carbocycles. The fraction of sp³-hybridized carbons (Fsp3) is 0.111. The van der Waals surface area contributed by atoms with Gasteiger partial charge in [0.05, 0.1) is 18.2 Å². The topological polar surface area (TPSA) is 45.8 Å². The molecule has 0 bridgehead atoms. The molecule has 1 N–H and O–H groups in total. The summed E-state index contributed by atoms with van der Waals surface area (Å²) in [4.78, 5) is 17.9. The third-order valence-corrected chi connectivity index (χ3v) is 1.79. The molecule has 1 aliphatic rings. The smallest absolute Gasteiger partial charge is 0.160 e. The monoisotopic (exact) mass is 160 g/mol. The molecule has 12 heavy (non-hydrogen) atoms. The molecule has 60 valence electrons. The van der Waals surface area contributed by atoms with Gasteiger partial charge >= 0.3 is 0 Å². The Balaban J connectivity index is 2.31. The van der Waals surface area contributed by atoms with Crippen molar-refractivity contribution in [2.75, 3.05) is 0 Å². The number of allylic oxidation sites excluding steroid dienone is 4. The summed E-state index contributed by atoms with van der Waals surface area (Å²) in [6, 6.07) is 0. The van der Waals surface area contributed by atoms with Gasteiger partial charge in [-0.1, -0.05) is 12.2 Å². The maximum absolute atomic E-state index is 11.0. The lowest BCUT2D eigenvalue weighted by molar-refractivity contribution is -0.113. The van der Waals surface area contributed by atoms with Crippen molar-refractivity contribution in [2.24, 2.45) is 0 Å². The van der Waals surface area contributed by atoms with Crippen LogP contribution in [-0.4, -0.2) is 15.8 Å². The molecule has 0 fully saturated rings. The van der Waals surface area contributed by atoms with E-state index in [2.05, 4.69) is 9.97 Å². The van der Waals surface area contributed by atoms with Crippen molar-refractivity contribution in [3.63, 3.8) is 0 Å². The molecule has 0 radical (unpaired) electrons. The first-order valence-corrected chi connectivity index (χ1v) is 3.75. The van der Waals surface area contributed by atoms with Crippen LogP contribution >= 0.6 is 0 Å². The molecule has 3 nitrogen and oxygen atoms in total. The second kappa shape index (κ2) is 2.77. The first-order chi connectivity index (χ1) is 5.86. The Morgan fingerprint density at radius 3 is 3.08 bits per heavy atom. The molecular formula is C9H8N2O. The van der Waals surface area contributed by atoms with Gasteiger partial charge in [0, 0.05) is 6.42 Å². The normalized spacial score (nSPS) is 16.3. The third-order valence-electron chi connectivity index (χ3n) is 1.79. The minimum Gasteiger partial charge on any atom is -0.345 e. The third kappa shape index (κ3) is 1.21. The van der Waals surface area contributed by atoms with Gasteiger partial charge in [-0.2, -0.15) is 0 Å². The quantitative estimate of drug-likeness (QED) is 0.673. The van der Waals surface area contributed by atoms with Crippen LogP contribution in [0, 0.1) is 0 Å². The van der Waals surface area contributed by atoms with Gasteiger partial charge < -0.3 is 4.98 Å². The molecule has 1 aliphatic carbocycles. The molecule has 0 spiro atoms. The number of imidazole rings is 1. The Morgan fingerprint density at radius 1 is 1.50 bits per heavy atom. The van der Waals surface area contributed by atoms with E-state index in [0.717, 1.165) is 11.3 Å². The molecular weight excluding hydrogens is 152 g/mol. The van der Waals surface area contributed by atoms with E-state index in [1.807, 2.05) is 6.08 Å². The average Bonchev–Trinajstić information content (AvgIpc) is 2.56. The molecule has 0 saturated heterocycles. The van der Waals surface area contributed by atoms with Gasteiger partial charge in [-0.15, -0.1) is 0 Å². The average molecular weight is 160 g/mol. The van der Waals surface area contributed by atoms with Crippen molar-refractivity contribution >= 4 is 11.4 Å². The van der Waals surface area contributed by atoms with Gasteiger partial charge in [0.1, 0.15) is 0 Å². The number of hydrogen-bond acceptors (Lipinski definition) is 2. The summed E-state index contributed by atoms with van der Waals surface area (Å²) in [6.45, 7) is 0. The zero-order valence-electron chi connectivity index (χ0n) is 6.45. The summed E-state index contributed by atoms with van der Waals surface area (Å²) in [5.41, 5.74) is 1.92. The van der Waals surface area contributed by atoms with E-state index in [9.17, 15) is 4.79 Å². The number of nitrogens with one attached hydrogen (secondary N) is 1. The van der Waals surface area contributed by atoms with Crippen LogP contribution in [0.4, 0.5) is 0 Å². The van der Waals surface area contributed by atoms with Crippen LogP contribution in [0.25, 0.3) is 5.57 Å². The Hall–Kier alpha value is -1.64. The number of aromatic nitrogens is 2. The Labute approximate surface area is 69.8 Å². The van der Waals surface area contributed by atoms with Crippen LogP contribution in [0.1, 0.15) is 12.1 Å². The van der Waals surface area contributed by atoms with Crippen LogP contribution < -0.4 is 0 Å². The van der Waals surface area contributed by atoms with Gasteiger partial charge in [-0.05, 0) is 11.6 Å². The number of H-pyrrole nitrogens is 1. The van der Waals surface area contributed by atoms with Gasteiger partial charge in [0.25, 0.3) is 0 Å². The summed E-state index contributed by atoms with van der Waals surface area (Å²) in [5.74, 6) is 0.141. The van der Waals surface area contributed by atoms with Gasteiger partial charge in [-0.25, -0.2) is 4.98 Å². The Morgan fingerprint density at radius 2 is 2.42 bits per heavy atom. The summed E-state index contributed by atoms with van der Waals surface area (Å²) in [6.07, 6.45) is 9.08. The lowest BCUT2D eigenvalue weighted by atomic mass is 10.0. The number of hydrogen-bond donors (Lipinski definition) is 1. The molecule has 1 aromatic rings. The van der Waals surface area contributed by atoms with E-state index >= 15 is 0 Å². The highest BCUT2D eigenvalue weighted by Crippen LogP contribution is 2.18. The van der Waals surface area contributed by atoms with Crippen molar-refractivity contribution < 1.29 is 4.79 Å². The van der Waals surface area contributed by atoms with Gasteiger partial charge in [0.2, 0.25) is 0 Å². The largest absolute Gasteiger partial charge is 0.345 e. The van der Waals surface area contributed by atoms with E-state index in [-0.39, 0.29) is 5.78 Å². The van der Waals surface area contributed by atoms with Crippen molar-refractivity contribution in [3.05, 3.63) is 36.4 Å². The Bertz CT molecular complexity index is 347. The highest BCUT2D eigenvalue weighted by molar-refractivity contribution is 5.99. The summed E-state index contributed by atoms with van der Waals surface area (Å²) >= 11 is 0. The van der Waals surface area contributed by atoms with E-state index < -0.39 is 0 Å². The van der Waals surface area contributed by atoms with E-state index in [1.165, 1.54) is 0 Å². The second-order valence-electron chi connectivity index (χ2n) is 2.66. The maximum atomic E-state index is 11.0. The van der Waals surface area contributed by atoms with Gasteiger partial charge in [0.15, 0.2) is 5.78 Å². The zero-order valence-corrected chi connectivity index (χ0v) is 6.45. The standard InChI is InChI=1S/C9H8N2O/c12-8-3-1-2-7(4-8)9-5-10-6-11-9/h1-3,5-6H,4H2,(H,10,11). The fourth-order valence-electron chi connectivity index (χ4n) is 1.19. The lowest BCUT2D eigenvalue weighted by Crippen LogP contribution is -1.98. The highest BCUT2D eigenvalue weighted by atomic mass is 16.1. The van der Waals surface area contributed by atoms with E-state index in [0.29, 0.717) is 6.42 Å². The van der Waals surface area contributed by atoms with E-state index in [1.54, 1.807) is 24.7 Å². The van der Waals surface area contributed by atoms with Gasteiger partial charge in [-0.3, -0.25) is 4.79 Å². The van der Waals surface area contributed by atoms with Crippen LogP contribution in [0.3, 0.4) is 0 Å². The van der Waals surface area contributed by atoms with Crippen LogP contribution in [-0.2, 0) is 4.79 Å². The summed E-state index contributed by atoms with van der Waals surface area (Å²) in [5, 5.41) is 0. The van der Waals surface area contributed by atoms with Crippen LogP contribution in [0.2, 0.25) is 0 Å². The predicted octanol–water partition coefficient (Wildman–Crippen LogP) is 1.32. The SMILES string of the molecule is O=C1C=CC=C(c2cnc[nH]2)C1. The molecule has 2 rings (SSSR count). The molecule has 1 heterocycles. The molecule has 0 aromatic carbocycles. The second-order valence-corrected chi connectivity index (χ2v) is 2.66. The zero-order chi connectivity index (χ0) is 8.39. The summed E-state index contributed by atoms with van der Waals surface area (Å²) in [7, 11) is 0. The number of carbonyl (C=O) groups is 1. The molecule has 3 heteroatoms. The Kier molecular flexibility index (Phi) is 1.63. The molecule has 1 aromatic heterocycles. The van der Waals surface area contributed by atoms with Crippen LogP contribution in [0.15, 0.2) is 30.8 Å². The van der Waals surface area contributed by atoms with Crippen molar-refractivity contribution in [1.29, 1.82) is 0 Å². The minimum absolute atomic E-state index is 0.141. The maximum Gasteiger partial charge on any atom is 0.160 e. The number of rotatable bonds is 1. The van der Waals surface area contributed by atoms with E-state index in [4.69, 9.17) is 0 Å². The molecule has 0 unspecified atom stereocenters. The number of ketones is 1. The highest BCUT2D eigenvalue weighted by Gasteiger charge is 2.09. The van der Waals surface area contributed by atoms with Crippen molar-refractivity contribution in [3.8, 4) is 0 Å². The number of aromatic amines is 1. The van der Waals surface area contributed by atoms with Crippen molar-refractivity contribution in [1.82, 2.24) is 9.97 Å². The molecule has 0 atom stereocenters. The minimum atomic E-state index is 0.141. The molecule has 0 aliphatic heterocycles. The van der Waals surface area contributed by atoms with Crippen LogP contribution in [0.5, 0.6) is 0 Å². The first kappa shape index (κ1) is 7.03. The first-order valence-electron chi connectivity index (χ1n) is 3.75.